The Balaban J connectivity index is 1.51. The zero-order valence-corrected chi connectivity index (χ0v) is 15.6. The van der Waals surface area contributed by atoms with Gasteiger partial charge in [0.1, 0.15) is 11.6 Å². The van der Waals surface area contributed by atoms with Crippen LogP contribution in [0.2, 0.25) is 0 Å². The van der Waals surface area contributed by atoms with E-state index in [1.54, 1.807) is 0 Å². The Labute approximate surface area is 152 Å². The van der Waals surface area contributed by atoms with Gasteiger partial charge < -0.3 is 9.42 Å². The standard InChI is InChI=1S/C18H25N7O/c1-4-5-15-21-17-14(11-19-24(17)3)18(22-15)25-8-6-13(7-9-25)10-16-20-12(2)26-23-16/h11,13H,4-10H2,1-3H3. The summed E-state index contributed by atoms with van der Waals surface area (Å²) in [4.78, 5) is 16.3. The Kier molecular flexibility index (Phi) is 4.57. The highest BCUT2D eigenvalue weighted by molar-refractivity contribution is 5.87. The highest BCUT2D eigenvalue weighted by atomic mass is 16.5. The molecule has 4 rings (SSSR count). The summed E-state index contributed by atoms with van der Waals surface area (Å²) < 4.78 is 6.92. The molecule has 0 saturated carbocycles. The summed E-state index contributed by atoms with van der Waals surface area (Å²) in [5, 5.41) is 9.46. The van der Waals surface area contributed by atoms with Crippen LogP contribution in [0, 0.1) is 12.8 Å². The summed E-state index contributed by atoms with van der Waals surface area (Å²) in [5.41, 5.74) is 0.919. The Morgan fingerprint density at radius 3 is 2.65 bits per heavy atom. The van der Waals surface area contributed by atoms with Crippen LogP contribution in [0.5, 0.6) is 0 Å². The van der Waals surface area contributed by atoms with Crippen molar-refractivity contribution in [3.8, 4) is 0 Å². The molecule has 0 unspecified atom stereocenters. The first kappa shape index (κ1) is 16.9. The summed E-state index contributed by atoms with van der Waals surface area (Å²) in [5.74, 6) is 3.98. The zero-order chi connectivity index (χ0) is 18.1. The van der Waals surface area contributed by atoms with Gasteiger partial charge in [0.05, 0.1) is 11.6 Å². The molecule has 1 aliphatic rings. The van der Waals surface area contributed by atoms with Gasteiger partial charge in [-0.15, -0.1) is 0 Å². The van der Waals surface area contributed by atoms with Crippen molar-refractivity contribution in [2.24, 2.45) is 13.0 Å². The predicted octanol–water partition coefficient (Wildman–Crippen LogP) is 2.47. The maximum atomic E-state index is 5.09. The first-order valence-corrected chi connectivity index (χ1v) is 9.36. The molecular formula is C18H25N7O. The molecule has 0 spiro atoms. The average molecular weight is 355 g/mol. The van der Waals surface area contributed by atoms with Gasteiger partial charge in [-0.3, -0.25) is 4.68 Å². The van der Waals surface area contributed by atoms with Crippen molar-refractivity contribution in [2.45, 2.75) is 46.0 Å². The van der Waals surface area contributed by atoms with Gasteiger partial charge in [0.2, 0.25) is 5.89 Å². The molecule has 3 aromatic rings. The molecule has 0 N–H and O–H groups in total. The van der Waals surface area contributed by atoms with Gasteiger partial charge >= 0.3 is 0 Å². The first-order valence-electron chi connectivity index (χ1n) is 9.36. The van der Waals surface area contributed by atoms with E-state index in [2.05, 4.69) is 32.0 Å². The maximum Gasteiger partial charge on any atom is 0.223 e. The molecule has 3 aromatic heterocycles. The monoisotopic (exact) mass is 355 g/mol. The molecule has 1 saturated heterocycles. The lowest BCUT2D eigenvalue weighted by molar-refractivity contribution is 0.365. The number of aromatic nitrogens is 6. The highest BCUT2D eigenvalue weighted by Gasteiger charge is 2.24. The Morgan fingerprint density at radius 2 is 1.96 bits per heavy atom. The van der Waals surface area contributed by atoms with Gasteiger partial charge in [-0.1, -0.05) is 12.1 Å². The van der Waals surface area contributed by atoms with Crippen molar-refractivity contribution in [1.29, 1.82) is 0 Å². The summed E-state index contributed by atoms with van der Waals surface area (Å²) >= 11 is 0. The molecule has 0 atom stereocenters. The van der Waals surface area contributed by atoms with Crippen molar-refractivity contribution in [1.82, 2.24) is 29.9 Å². The van der Waals surface area contributed by atoms with Crippen molar-refractivity contribution in [3.63, 3.8) is 0 Å². The van der Waals surface area contributed by atoms with Gasteiger partial charge in [0, 0.05) is 39.9 Å². The molecule has 8 nitrogen and oxygen atoms in total. The fourth-order valence-electron chi connectivity index (χ4n) is 3.66. The fourth-order valence-corrected chi connectivity index (χ4v) is 3.66. The van der Waals surface area contributed by atoms with Crippen molar-refractivity contribution < 1.29 is 4.52 Å². The van der Waals surface area contributed by atoms with Gasteiger partial charge in [-0.05, 0) is 25.2 Å². The van der Waals surface area contributed by atoms with Gasteiger partial charge in [0.15, 0.2) is 11.5 Å². The van der Waals surface area contributed by atoms with E-state index in [1.807, 2.05) is 24.9 Å². The van der Waals surface area contributed by atoms with Gasteiger partial charge in [-0.2, -0.15) is 10.1 Å². The lowest BCUT2D eigenvalue weighted by Gasteiger charge is -2.32. The molecular weight excluding hydrogens is 330 g/mol. The molecule has 0 radical (unpaired) electrons. The van der Waals surface area contributed by atoms with Crippen LogP contribution in [0.3, 0.4) is 0 Å². The largest absolute Gasteiger partial charge is 0.356 e. The van der Waals surface area contributed by atoms with Crippen molar-refractivity contribution >= 4 is 16.9 Å². The number of aryl methyl sites for hydroxylation is 3. The molecule has 4 heterocycles. The van der Waals surface area contributed by atoms with Crippen molar-refractivity contribution in [3.05, 3.63) is 23.7 Å². The molecule has 1 fully saturated rings. The van der Waals surface area contributed by atoms with Crippen molar-refractivity contribution in [2.75, 3.05) is 18.0 Å². The third-order valence-corrected chi connectivity index (χ3v) is 5.05. The Hall–Kier alpha value is -2.51. The van der Waals surface area contributed by atoms with E-state index >= 15 is 0 Å². The minimum atomic E-state index is 0.588. The zero-order valence-electron chi connectivity index (χ0n) is 15.6. The third kappa shape index (κ3) is 3.27. The minimum absolute atomic E-state index is 0.588. The van der Waals surface area contributed by atoms with Crippen LogP contribution in [0.4, 0.5) is 5.82 Å². The molecule has 0 amide bonds. The number of hydrogen-bond acceptors (Lipinski definition) is 7. The molecule has 0 aliphatic carbocycles. The number of fused-ring (bicyclic) bond motifs is 1. The van der Waals surface area contributed by atoms with Crippen LogP contribution >= 0.6 is 0 Å². The molecule has 1 aliphatic heterocycles. The lowest BCUT2D eigenvalue weighted by Crippen LogP contribution is -2.35. The average Bonchev–Trinajstić information content (AvgIpc) is 3.21. The van der Waals surface area contributed by atoms with E-state index in [1.165, 1.54) is 0 Å². The second kappa shape index (κ2) is 7.01. The molecule has 8 heteroatoms. The minimum Gasteiger partial charge on any atom is -0.356 e. The van der Waals surface area contributed by atoms with E-state index in [4.69, 9.17) is 9.51 Å². The first-order chi connectivity index (χ1) is 12.6. The smallest absolute Gasteiger partial charge is 0.223 e. The van der Waals surface area contributed by atoms with Crippen LogP contribution in [-0.2, 0) is 19.9 Å². The van der Waals surface area contributed by atoms with Gasteiger partial charge in [-0.25, -0.2) is 9.97 Å². The van der Waals surface area contributed by atoms with E-state index in [9.17, 15) is 0 Å². The summed E-state index contributed by atoms with van der Waals surface area (Å²) in [6, 6.07) is 0. The molecule has 138 valence electrons. The number of nitrogens with zero attached hydrogens (tertiary/aromatic N) is 7. The number of hydrogen-bond donors (Lipinski definition) is 0. The molecule has 26 heavy (non-hydrogen) atoms. The second-order valence-electron chi connectivity index (χ2n) is 7.08. The normalized spacial score (nSPS) is 15.9. The number of piperidine rings is 1. The SMILES string of the molecule is CCCc1nc(N2CCC(Cc3noc(C)n3)CC2)c2cnn(C)c2n1. The van der Waals surface area contributed by atoms with Crippen LogP contribution in [-0.4, -0.2) is 43.0 Å². The van der Waals surface area contributed by atoms with Crippen LogP contribution in [0.25, 0.3) is 11.0 Å². The highest BCUT2D eigenvalue weighted by Crippen LogP contribution is 2.29. The lowest BCUT2D eigenvalue weighted by atomic mass is 9.93. The summed E-state index contributed by atoms with van der Waals surface area (Å²) in [6.07, 6.45) is 6.90. The Bertz CT molecular complexity index is 892. The summed E-state index contributed by atoms with van der Waals surface area (Å²) in [7, 11) is 1.94. The number of anilines is 1. The topological polar surface area (TPSA) is 85.8 Å². The fraction of sp³-hybridized carbons (Fsp3) is 0.611. The van der Waals surface area contributed by atoms with E-state index in [-0.39, 0.29) is 0 Å². The van der Waals surface area contributed by atoms with Crippen LogP contribution in [0.1, 0.15) is 43.7 Å². The number of rotatable bonds is 5. The van der Waals surface area contributed by atoms with Crippen LogP contribution in [0.15, 0.2) is 10.7 Å². The maximum absolute atomic E-state index is 5.09. The van der Waals surface area contributed by atoms with E-state index < -0.39 is 0 Å². The van der Waals surface area contributed by atoms with Crippen LogP contribution < -0.4 is 4.90 Å². The Morgan fingerprint density at radius 1 is 1.15 bits per heavy atom. The summed E-state index contributed by atoms with van der Waals surface area (Å²) in [6.45, 7) is 5.95. The third-order valence-electron chi connectivity index (χ3n) is 5.05. The molecule has 0 aromatic carbocycles. The molecule has 0 bridgehead atoms. The van der Waals surface area contributed by atoms with E-state index in [0.29, 0.717) is 11.8 Å². The van der Waals surface area contributed by atoms with E-state index in [0.717, 1.165) is 73.7 Å². The predicted molar refractivity (Wildman–Crippen MR) is 98.0 cm³/mol. The van der Waals surface area contributed by atoms with Gasteiger partial charge in [0.25, 0.3) is 0 Å². The quantitative estimate of drug-likeness (QED) is 0.695. The second-order valence-corrected chi connectivity index (χ2v) is 7.08.